The van der Waals surface area contributed by atoms with Crippen LogP contribution in [0.15, 0.2) is 35.3 Å². The molecule has 1 aromatic carbocycles. The van der Waals surface area contributed by atoms with Gasteiger partial charge in [0.2, 0.25) is 0 Å². The lowest BCUT2D eigenvalue weighted by Gasteiger charge is -2.12. The molecule has 0 radical (unpaired) electrons. The number of nitriles is 1. The van der Waals surface area contributed by atoms with E-state index in [1.807, 2.05) is 44.2 Å². The molecule has 3 nitrogen and oxygen atoms in total. The smallest absolute Gasteiger partial charge is 0.273 e. The van der Waals surface area contributed by atoms with Crippen LogP contribution >= 0.6 is 0 Å². The molecule has 0 spiro atoms. The van der Waals surface area contributed by atoms with Crippen molar-refractivity contribution < 1.29 is 0 Å². The zero-order valence-electron chi connectivity index (χ0n) is 12.3. The lowest BCUT2D eigenvalue weighted by molar-refractivity contribution is 0.863. The number of nitrogens with zero attached hydrogens (tertiary/aromatic N) is 2. The van der Waals surface area contributed by atoms with E-state index >= 15 is 0 Å². The number of hydrogen-bond acceptors (Lipinski definition) is 2. The van der Waals surface area contributed by atoms with Gasteiger partial charge in [0.1, 0.15) is 11.6 Å². The SMILES string of the molecule is Cc1cn(-c2ccc(C(C)C)cc2)c(=O)c(C#N)c1C. The average molecular weight is 266 g/mol. The Morgan fingerprint density at radius 1 is 1.15 bits per heavy atom. The molecule has 20 heavy (non-hydrogen) atoms. The minimum absolute atomic E-state index is 0.220. The van der Waals surface area contributed by atoms with Crippen LogP contribution in [-0.2, 0) is 0 Å². The molecule has 2 aromatic rings. The van der Waals surface area contributed by atoms with E-state index in [-0.39, 0.29) is 11.1 Å². The lowest BCUT2D eigenvalue weighted by Crippen LogP contribution is -2.22. The van der Waals surface area contributed by atoms with Crippen LogP contribution < -0.4 is 5.56 Å². The second kappa shape index (κ2) is 5.34. The molecule has 0 saturated heterocycles. The van der Waals surface area contributed by atoms with Gasteiger partial charge in [0.25, 0.3) is 5.56 Å². The minimum atomic E-state index is -0.257. The summed E-state index contributed by atoms with van der Waals surface area (Å²) < 4.78 is 1.55. The van der Waals surface area contributed by atoms with E-state index in [1.54, 1.807) is 10.8 Å². The third-order valence-electron chi connectivity index (χ3n) is 3.67. The van der Waals surface area contributed by atoms with Crippen molar-refractivity contribution in [2.75, 3.05) is 0 Å². The molecule has 0 unspecified atom stereocenters. The van der Waals surface area contributed by atoms with Gasteiger partial charge in [-0.1, -0.05) is 26.0 Å². The number of aromatic nitrogens is 1. The van der Waals surface area contributed by atoms with Gasteiger partial charge in [0.05, 0.1) is 0 Å². The molecule has 0 atom stereocenters. The maximum Gasteiger partial charge on any atom is 0.273 e. The monoisotopic (exact) mass is 266 g/mol. The quantitative estimate of drug-likeness (QED) is 0.835. The van der Waals surface area contributed by atoms with E-state index in [2.05, 4.69) is 13.8 Å². The molecular formula is C17H18N2O. The average Bonchev–Trinajstić information content (AvgIpc) is 2.43. The van der Waals surface area contributed by atoms with Crippen molar-refractivity contribution in [2.24, 2.45) is 0 Å². The third kappa shape index (κ3) is 2.37. The Kier molecular flexibility index (Phi) is 3.76. The summed E-state index contributed by atoms with van der Waals surface area (Å²) >= 11 is 0. The molecule has 2 rings (SSSR count). The second-order valence-corrected chi connectivity index (χ2v) is 5.35. The predicted molar refractivity (Wildman–Crippen MR) is 80.3 cm³/mol. The lowest BCUT2D eigenvalue weighted by atomic mass is 10.0. The van der Waals surface area contributed by atoms with E-state index in [0.29, 0.717) is 5.92 Å². The van der Waals surface area contributed by atoms with Crippen molar-refractivity contribution in [1.82, 2.24) is 4.57 Å². The summed E-state index contributed by atoms with van der Waals surface area (Å²) in [6.07, 6.45) is 1.79. The highest BCUT2D eigenvalue weighted by molar-refractivity contribution is 5.44. The first kappa shape index (κ1) is 14.1. The van der Waals surface area contributed by atoms with E-state index in [9.17, 15) is 4.79 Å². The zero-order chi connectivity index (χ0) is 14.9. The number of hydrogen-bond donors (Lipinski definition) is 0. The van der Waals surface area contributed by atoms with Gasteiger partial charge in [0.15, 0.2) is 0 Å². The summed E-state index contributed by atoms with van der Waals surface area (Å²) in [6, 6.07) is 9.90. The number of pyridine rings is 1. The van der Waals surface area contributed by atoms with Gasteiger partial charge in [-0.15, -0.1) is 0 Å². The fraction of sp³-hybridized carbons (Fsp3) is 0.294. The van der Waals surface area contributed by atoms with Crippen molar-refractivity contribution in [3.8, 4) is 11.8 Å². The number of rotatable bonds is 2. The first-order valence-corrected chi connectivity index (χ1v) is 6.69. The molecule has 3 heteroatoms. The topological polar surface area (TPSA) is 45.8 Å². The Labute approximate surface area is 119 Å². The summed E-state index contributed by atoms with van der Waals surface area (Å²) in [7, 11) is 0. The van der Waals surface area contributed by atoms with Gasteiger partial charge in [-0.3, -0.25) is 9.36 Å². The van der Waals surface area contributed by atoms with E-state index in [4.69, 9.17) is 5.26 Å². The Bertz CT molecular complexity index is 731. The summed E-state index contributed by atoms with van der Waals surface area (Å²) in [6.45, 7) is 7.98. The van der Waals surface area contributed by atoms with Crippen molar-refractivity contribution in [2.45, 2.75) is 33.6 Å². The van der Waals surface area contributed by atoms with Gasteiger partial charge >= 0.3 is 0 Å². The Morgan fingerprint density at radius 3 is 2.25 bits per heavy atom. The van der Waals surface area contributed by atoms with Crippen LogP contribution in [0.2, 0.25) is 0 Å². The first-order valence-electron chi connectivity index (χ1n) is 6.69. The van der Waals surface area contributed by atoms with Crippen molar-refractivity contribution in [1.29, 1.82) is 5.26 Å². The van der Waals surface area contributed by atoms with Crippen molar-refractivity contribution >= 4 is 0 Å². The van der Waals surface area contributed by atoms with Gasteiger partial charge in [-0.2, -0.15) is 5.26 Å². The van der Waals surface area contributed by atoms with E-state index in [1.165, 1.54) is 5.56 Å². The van der Waals surface area contributed by atoms with Crippen molar-refractivity contribution in [3.63, 3.8) is 0 Å². The molecule has 0 amide bonds. The molecule has 0 aliphatic carbocycles. The Balaban J connectivity index is 2.62. The summed E-state index contributed by atoms with van der Waals surface area (Å²) in [5.74, 6) is 0.454. The van der Waals surface area contributed by atoms with Crippen LogP contribution in [0.25, 0.3) is 5.69 Å². The Hall–Kier alpha value is -2.34. The van der Waals surface area contributed by atoms with Crippen LogP contribution in [-0.4, -0.2) is 4.57 Å². The van der Waals surface area contributed by atoms with Gasteiger partial charge < -0.3 is 0 Å². The van der Waals surface area contributed by atoms with Crippen LogP contribution in [0.3, 0.4) is 0 Å². The molecule has 0 N–H and O–H groups in total. The second-order valence-electron chi connectivity index (χ2n) is 5.35. The molecule has 1 heterocycles. The van der Waals surface area contributed by atoms with Gasteiger partial charge in [-0.25, -0.2) is 0 Å². The van der Waals surface area contributed by atoms with E-state index < -0.39 is 0 Å². The number of benzene rings is 1. The minimum Gasteiger partial charge on any atom is -0.283 e. The molecule has 0 aliphatic rings. The summed E-state index contributed by atoms with van der Waals surface area (Å²) in [4.78, 5) is 12.3. The first-order chi connectivity index (χ1) is 9.45. The third-order valence-corrected chi connectivity index (χ3v) is 3.67. The van der Waals surface area contributed by atoms with Crippen LogP contribution in [0.1, 0.15) is 42.0 Å². The summed E-state index contributed by atoms with van der Waals surface area (Å²) in [5, 5.41) is 9.15. The van der Waals surface area contributed by atoms with Crippen molar-refractivity contribution in [3.05, 3.63) is 63.1 Å². The van der Waals surface area contributed by atoms with Gasteiger partial charge in [0, 0.05) is 11.9 Å². The standard InChI is InChI=1S/C17H18N2O/c1-11(2)14-5-7-15(8-6-14)19-10-12(3)13(4)16(9-18)17(19)20/h5-8,10-11H,1-4H3. The zero-order valence-corrected chi connectivity index (χ0v) is 12.3. The summed E-state index contributed by atoms with van der Waals surface area (Å²) in [5.41, 5.74) is 3.68. The molecule has 0 bridgehead atoms. The highest BCUT2D eigenvalue weighted by Crippen LogP contribution is 2.17. The van der Waals surface area contributed by atoms with Gasteiger partial charge in [-0.05, 0) is 48.6 Å². The van der Waals surface area contributed by atoms with Crippen LogP contribution in [0.5, 0.6) is 0 Å². The van der Waals surface area contributed by atoms with E-state index in [0.717, 1.165) is 16.8 Å². The number of aryl methyl sites for hydroxylation is 1. The fourth-order valence-corrected chi connectivity index (χ4v) is 2.17. The van der Waals surface area contributed by atoms with Crippen LogP contribution in [0.4, 0.5) is 0 Å². The maximum absolute atomic E-state index is 12.3. The molecule has 1 aromatic heterocycles. The largest absolute Gasteiger partial charge is 0.283 e. The van der Waals surface area contributed by atoms with Crippen LogP contribution in [0, 0.1) is 25.2 Å². The molecule has 0 saturated carbocycles. The molecule has 0 fully saturated rings. The predicted octanol–water partition coefficient (Wildman–Crippen LogP) is 3.45. The normalized spacial score (nSPS) is 10.6. The molecule has 102 valence electrons. The fourth-order valence-electron chi connectivity index (χ4n) is 2.17. The molecular weight excluding hydrogens is 248 g/mol. The molecule has 0 aliphatic heterocycles. The highest BCUT2D eigenvalue weighted by Gasteiger charge is 2.11. The Morgan fingerprint density at radius 2 is 1.75 bits per heavy atom. The maximum atomic E-state index is 12.3. The highest BCUT2D eigenvalue weighted by atomic mass is 16.1.